The number of imidazole rings is 1. The van der Waals surface area contributed by atoms with E-state index in [0.29, 0.717) is 15.0 Å². The van der Waals surface area contributed by atoms with E-state index < -0.39 is 12.7 Å². The van der Waals surface area contributed by atoms with Gasteiger partial charge in [0.05, 0.1) is 12.4 Å². The Balaban J connectivity index is 1.82. The molecule has 0 aromatic carbocycles. The maximum absolute atomic E-state index is 12.6. The number of nitrogens with one attached hydrogen (secondary N) is 1. The SMILES string of the molecule is CN1C=C[N+]2(C)NC(/C=C/c3nc(Br)cn3CC(F)(F)F)=NC2=C1. The first kappa shape index (κ1) is 16.8. The fourth-order valence-corrected chi connectivity index (χ4v) is 2.78. The highest BCUT2D eigenvalue weighted by Gasteiger charge is 2.36. The molecule has 0 saturated heterocycles. The topological polar surface area (TPSA) is 45.5 Å². The molecule has 0 saturated carbocycles. The summed E-state index contributed by atoms with van der Waals surface area (Å²) in [5, 5.41) is 0. The van der Waals surface area contributed by atoms with E-state index in [-0.39, 0.29) is 5.82 Å². The lowest BCUT2D eigenvalue weighted by Gasteiger charge is -2.27. The average molecular weight is 404 g/mol. The van der Waals surface area contributed by atoms with Gasteiger partial charge in [0.2, 0.25) is 0 Å². The first-order valence-electron chi connectivity index (χ1n) is 6.99. The zero-order valence-electron chi connectivity index (χ0n) is 12.9. The van der Waals surface area contributed by atoms with Crippen molar-refractivity contribution in [3.63, 3.8) is 0 Å². The molecule has 0 fully saturated rings. The molecule has 3 rings (SSSR count). The van der Waals surface area contributed by atoms with Gasteiger partial charge in [-0.3, -0.25) is 0 Å². The second kappa shape index (κ2) is 5.78. The van der Waals surface area contributed by atoms with E-state index in [1.165, 1.54) is 12.3 Å². The molecule has 1 N–H and O–H groups in total. The number of fused-ring (bicyclic) bond motifs is 1. The minimum Gasteiger partial charge on any atom is -0.346 e. The van der Waals surface area contributed by atoms with Gasteiger partial charge in [0, 0.05) is 13.2 Å². The van der Waals surface area contributed by atoms with Crippen LogP contribution in [-0.2, 0) is 6.54 Å². The molecule has 1 aromatic heterocycles. The summed E-state index contributed by atoms with van der Waals surface area (Å²) in [6.45, 7) is -1.10. The molecule has 2 aliphatic heterocycles. The quantitative estimate of drug-likeness (QED) is 0.789. The van der Waals surface area contributed by atoms with Gasteiger partial charge < -0.3 is 9.47 Å². The largest absolute Gasteiger partial charge is 0.406 e. The number of rotatable bonds is 3. The van der Waals surface area contributed by atoms with Crippen LogP contribution in [0.5, 0.6) is 0 Å². The van der Waals surface area contributed by atoms with E-state index in [0.717, 1.165) is 10.4 Å². The smallest absolute Gasteiger partial charge is 0.346 e. The van der Waals surface area contributed by atoms with Gasteiger partial charge in [-0.2, -0.15) is 18.2 Å². The number of amidine groups is 1. The molecule has 1 atom stereocenters. The number of nitrogens with zero attached hydrogens (tertiary/aromatic N) is 5. The Morgan fingerprint density at radius 2 is 2.12 bits per heavy atom. The second-order valence-electron chi connectivity index (χ2n) is 5.63. The van der Waals surface area contributed by atoms with Crippen molar-refractivity contribution in [1.82, 2.24) is 19.9 Å². The van der Waals surface area contributed by atoms with Crippen LogP contribution >= 0.6 is 15.9 Å². The van der Waals surface area contributed by atoms with Crippen molar-refractivity contribution in [3.05, 3.63) is 47.1 Å². The summed E-state index contributed by atoms with van der Waals surface area (Å²) < 4.78 is 39.5. The molecule has 128 valence electrons. The fourth-order valence-electron chi connectivity index (χ4n) is 2.35. The van der Waals surface area contributed by atoms with Crippen molar-refractivity contribution < 1.29 is 17.8 Å². The van der Waals surface area contributed by atoms with E-state index in [1.54, 1.807) is 6.08 Å². The van der Waals surface area contributed by atoms with Crippen molar-refractivity contribution in [2.75, 3.05) is 14.1 Å². The minimum atomic E-state index is -4.31. The van der Waals surface area contributed by atoms with Crippen molar-refractivity contribution in [2.24, 2.45) is 4.99 Å². The normalized spacial score (nSPS) is 23.3. The summed E-state index contributed by atoms with van der Waals surface area (Å²) in [5.41, 5.74) is 3.18. The molecule has 10 heteroatoms. The predicted molar refractivity (Wildman–Crippen MR) is 86.8 cm³/mol. The molecule has 0 aliphatic carbocycles. The molecular weight excluding hydrogens is 389 g/mol. The Morgan fingerprint density at radius 3 is 2.83 bits per heavy atom. The van der Waals surface area contributed by atoms with Crippen molar-refractivity contribution >= 4 is 27.8 Å². The minimum absolute atomic E-state index is 0.192. The third-order valence-corrected chi connectivity index (χ3v) is 3.88. The number of alkyl halides is 3. The van der Waals surface area contributed by atoms with Crippen molar-refractivity contribution in [1.29, 1.82) is 0 Å². The molecule has 0 amide bonds. The summed E-state index contributed by atoms with van der Waals surface area (Å²) in [4.78, 5) is 10.4. The Hall–Kier alpha value is -2.07. The maximum Gasteiger partial charge on any atom is 0.406 e. The first-order chi connectivity index (χ1) is 11.1. The van der Waals surface area contributed by atoms with Gasteiger partial charge in [-0.15, -0.1) is 4.59 Å². The number of aliphatic imine (C=N–C) groups is 1. The average Bonchev–Trinajstić information content (AvgIpc) is 2.94. The zero-order chi connectivity index (χ0) is 17.5. The molecule has 6 nitrogen and oxygen atoms in total. The predicted octanol–water partition coefficient (Wildman–Crippen LogP) is 2.80. The number of hydrogen-bond donors (Lipinski definition) is 1. The van der Waals surface area contributed by atoms with Crippen LogP contribution in [0.3, 0.4) is 0 Å². The van der Waals surface area contributed by atoms with Gasteiger partial charge in [-0.1, -0.05) is 0 Å². The van der Waals surface area contributed by atoms with Gasteiger partial charge in [0.15, 0.2) is 5.84 Å². The van der Waals surface area contributed by atoms with Gasteiger partial charge in [0.1, 0.15) is 30.2 Å². The lowest BCUT2D eigenvalue weighted by atomic mass is 10.4. The molecule has 0 radical (unpaired) electrons. The third-order valence-electron chi connectivity index (χ3n) is 3.49. The molecule has 2 aliphatic rings. The zero-order valence-corrected chi connectivity index (χ0v) is 14.5. The van der Waals surface area contributed by atoms with Gasteiger partial charge >= 0.3 is 6.18 Å². The number of quaternary nitrogens is 1. The van der Waals surface area contributed by atoms with Crippen molar-refractivity contribution in [2.45, 2.75) is 12.7 Å². The summed E-state index contributed by atoms with van der Waals surface area (Å²) in [6, 6.07) is 0. The lowest BCUT2D eigenvalue weighted by Crippen LogP contribution is -2.48. The summed E-state index contributed by atoms with van der Waals surface area (Å²) in [5.74, 6) is 1.51. The van der Waals surface area contributed by atoms with Crippen LogP contribution in [-0.4, -0.2) is 45.2 Å². The Kier molecular flexibility index (Phi) is 4.04. The Morgan fingerprint density at radius 1 is 1.38 bits per heavy atom. The standard InChI is InChI=1S/C14H15BrF3N6/c1-22-5-6-24(2)13(8-22)20-11(21-24)3-4-12-19-10(15)7-23(12)9-14(16,17)18/h3-8H,9H2,1-2H3,(H,20,21)/q+1/b4-3+. The van der Waals surface area contributed by atoms with Crippen LogP contribution < -0.4 is 5.43 Å². The highest BCUT2D eigenvalue weighted by molar-refractivity contribution is 9.10. The van der Waals surface area contributed by atoms with E-state index in [9.17, 15) is 13.2 Å². The van der Waals surface area contributed by atoms with Gasteiger partial charge in [-0.25, -0.2) is 10.4 Å². The molecule has 0 spiro atoms. The van der Waals surface area contributed by atoms with Gasteiger partial charge in [0.25, 0.3) is 5.82 Å². The maximum atomic E-state index is 12.6. The summed E-state index contributed by atoms with van der Waals surface area (Å²) >= 11 is 3.10. The second-order valence-corrected chi connectivity index (χ2v) is 6.45. The molecule has 24 heavy (non-hydrogen) atoms. The van der Waals surface area contributed by atoms with Crippen LogP contribution in [0.2, 0.25) is 0 Å². The van der Waals surface area contributed by atoms with Gasteiger partial charge in [-0.05, 0) is 28.1 Å². The first-order valence-corrected chi connectivity index (χ1v) is 7.78. The van der Waals surface area contributed by atoms with Crippen LogP contribution in [0, 0.1) is 0 Å². The fraction of sp³-hybridized carbons (Fsp3) is 0.286. The van der Waals surface area contributed by atoms with Crippen molar-refractivity contribution in [3.8, 4) is 0 Å². The number of hydrogen-bond acceptors (Lipinski definition) is 4. The van der Waals surface area contributed by atoms with E-state index in [2.05, 4.69) is 31.3 Å². The molecular formula is C14H15BrF3N6+. The Labute approximate surface area is 145 Å². The van der Waals surface area contributed by atoms with Crippen LogP contribution in [0.4, 0.5) is 13.2 Å². The number of halogens is 4. The molecule has 1 aromatic rings. The monoisotopic (exact) mass is 403 g/mol. The number of aromatic nitrogens is 2. The lowest BCUT2D eigenvalue weighted by molar-refractivity contribution is -0.853. The Bertz CT molecular complexity index is 776. The highest BCUT2D eigenvalue weighted by Crippen LogP contribution is 2.25. The van der Waals surface area contributed by atoms with Crippen LogP contribution in [0.15, 0.2) is 46.3 Å². The molecule has 0 bridgehead atoms. The molecule has 3 heterocycles. The van der Waals surface area contributed by atoms with E-state index >= 15 is 0 Å². The summed E-state index contributed by atoms with van der Waals surface area (Å²) in [7, 11) is 3.81. The third kappa shape index (κ3) is 3.54. The van der Waals surface area contributed by atoms with Crippen LogP contribution in [0.1, 0.15) is 5.82 Å². The summed E-state index contributed by atoms with van der Waals surface area (Å²) in [6.07, 6.45) is 5.78. The molecule has 1 unspecified atom stereocenters. The van der Waals surface area contributed by atoms with E-state index in [4.69, 9.17) is 0 Å². The van der Waals surface area contributed by atoms with Crippen LogP contribution in [0.25, 0.3) is 6.08 Å². The highest BCUT2D eigenvalue weighted by atomic mass is 79.9. The van der Waals surface area contributed by atoms with E-state index in [1.807, 2.05) is 37.6 Å².